The number of piperazine rings is 1. The van der Waals surface area contributed by atoms with Crippen molar-refractivity contribution in [3.8, 4) is 5.69 Å². The van der Waals surface area contributed by atoms with E-state index in [2.05, 4.69) is 38.6 Å². The zero-order valence-electron chi connectivity index (χ0n) is 19.6. The molecule has 1 aliphatic heterocycles. The summed E-state index contributed by atoms with van der Waals surface area (Å²) in [4.78, 5) is 27.8. The Bertz CT molecular complexity index is 1090. The molecule has 0 N–H and O–H groups in total. The van der Waals surface area contributed by atoms with Crippen LogP contribution in [0.15, 0.2) is 48.8 Å². The van der Waals surface area contributed by atoms with E-state index in [9.17, 15) is 9.59 Å². The first-order valence-corrected chi connectivity index (χ1v) is 11.5. The van der Waals surface area contributed by atoms with Gasteiger partial charge in [-0.2, -0.15) is 0 Å². The van der Waals surface area contributed by atoms with Gasteiger partial charge < -0.3 is 9.64 Å². The molecule has 0 radical (unpaired) electrons. The van der Waals surface area contributed by atoms with Crippen LogP contribution in [0.25, 0.3) is 5.69 Å². The quantitative estimate of drug-likeness (QED) is 0.450. The molecular weight excluding hydrogens is 432 g/mol. The molecule has 3 aromatic rings. The number of rotatable bonds is 9. The van der Waals surface area contributed by atoms with Crippen molar-refractivity contribution in [2.75, 3.05) is 32.7 Å². The van der Waals surface area contributed by atoms with Crippen molar-refractivity contribution in [3.05, 3.63) is 71.0 Å². The van der Waals surface area contributed by atoms with Gasteiger partial charge in [-0.15, -0.1) is 5.10 Å². The molecule has 2 heterocycles. The molecule has 0 spiro atoms. The van der Waals surface area contributed by atoms with Gasteiger partial charge >= 0.3 is 0 Å². The summed E-state index contributed by atoms with van der Waals surface area (Å²) >= 11 is 0. The van der Waals surface area contributed by atoms with Crippen molar-refractivity contribution in [2.45, 2.75) is 32.8 Å². The molecule has 1 atom stereocenters. The predicted molar refractivity (Wildman–Crippen MR) is 126 cm³/mol. The fraction of sp³-hybridized carbons (Fsp3) is 0.400. The zero-order valence-corrected chi connectivity index (χ0v) is 19.6. The molecule has 1 aliphatic rings. The second-order valence-corrected chi connectivity index (χ2v) is 8.64. The molecule has 1 aromatic heterocycles. The van der Waals surface area contributed by atoms with Crippen molar-refractivity contribution in [1.82, 2.24) is 30.0 Å². The standard InChI is InChI=1S/C25H30N6O3/c1-19-3-4-22(15-24(19)20(2)34-18-32)9-10-29-11-13-30(14-12-29)25(33)16-21-5-7-23(8-6-21)31-17-26-27-28-31/h3-8,15,17-18,20H,9-14,16H2,1-2H3. The molecule has 0 saturated carbocycles. The molecule has 0 bridgehead atoms. The van der Waals surface area contributed by atoms with Gasteiger partial charge in [0, 0.05) is 32.7 Å². The minimum Gasteiger partial charge on any atom is -0.460 e. The lowest BCUT2D eigenvalue weighted by Gasteiger charge is -2.35. The van der Waals surface area contributed by atoms with Gasteiger partial charge in [-0.1, -0.05) is 30.3 Å². The number of amides is 1. The van der Waals surface area contributed by atoms with Gasteiger partial charge in [-0.3, -0.25) is 14.5 Å². The van der Waals surface area contributed by atoms with Gasteiger partial charge in [0.05, 0.1) is 12.1 Å². The smallest absolute Gasteiger partial charge is 0.293 e. The van der Waals surface area contributed by atoms with Crippen LogP contribution in [0.5, 0.6) is 0 Å². The van der Waals surface area contributed by atoms with Crippen LogP contribution in [0.4, 0.5) is 0 Å². The van der Waals surface area contributed by atoms with Crippen LogP contribution in [0, 0.1) is 6.92 Å². The largest absolute Gasteiger partial charge is 0.460 e. The Morgan fingerprint density at radius 3 is 2.50 bits per heavy atom. The summed E-state index contributed by atoms with van der Waals surface area (Å²) < 4.78 is 6.71. The first-order chi connectivity index (χ1) is 16.5. The van der Waals surface area contributed by atoms with Crippen LogP contribution < -0.4 is 0 Å². The molecule has 178 valence electrons. The second kappa shape index (κ2) is 11.0. The highest BCUT2D eigenvalue weighted by molar-refractivity contribution is 5.79. The van der Waals surface area contributed by atoms with E-state index in [1.54, 1.807) is 11.0 Å². The van der Waals surface area contributed by atoms with E-state index >= 15 is 0 Å². The maximum absolute atomic E-state index is 12.8. The fourth-order valence-corrected chi connectivity index (χ4v) is 4.28. The van der Waals surface area contributed by atoms with E-state index in [1.807, 2.05) is 43.0 Å². The Kier molecular flexibility index (Phi) is 7.64. The third-order valence-corrected chi connectivity index (χ3v) is 6.39. The highest BCUT2D eigenvalue weighted by Gasteiger charge is 2.21. The molecule has 1 amide bonds. The van der Waals surface area contributed by atoms with Crippen LogP contribution in [-0.4, -0.2) is 75.1 Å². The molecule has 1 fully saturated rings. The fourth-order valence-electron chi connectivity index (χ4n) is 4.28. The normalized spacial score (nSPS) is 15.2. The molecule has 9 heteroatoms. The Balaban J connectivity index is 1.24. The Morgan fingerprint density at radius 1 is 1.09 bits per heavy atom. The molecule has 9 nitrogen and oxygen atoms in total. The lowest BCUT2D eigenvalue weighted by atomic mass is 9.99. The second-order valence-electron chi connectivity index (χ2n) is 8.64. The lowest BCUT2D eigenvalue weighted by Crippen LogP contribution is -2.49. The minimum atomic E-state index is -0.247. The van der Waals surface area contributed by atoms with Gasteiger partial charge in [0.15, 0.2) is 0 Å². The van der Waals surface area contributed by atoms with Crippen LogP contribution in [-0.2, 0) is 27.2 Å². The number of hydrogen-bond donors (Lipinski definition) is 0. The topological polar surface area (TPSA) is 93.5 Å². The molecule has 0 aliphatic carbocycles. The zero-order chi connectivity index (χ0) is 23.9. The van der Waals surface area contributed by atoms with Crippen molar-refractivity contribution in [1.29, 1.82) is 0 Å². The van der Waals surface area contributed by atoms with Gasteiger partial charge in [0.2, 0.25) is 5.91 Å². The lowest BCUT2D eigenvalue weighted by molar-refractivity contribution is -0.133. The molecule has 4 rings (SSSR count). The summed E-state index contributed by atoms with van der Waals surface area (Å²) in [5, 5.41) is 11.2. The first kappa shape index (κ1) is 23.6. The summed E-state index contributed by atoms with van der Waals surface area (Å²) in [5.41, 5.74) is 5.24. The molecule has 1 saturated heterocycles. The predicted octanol–water partition coefficient (Wildman–Crippen LogP) is 2.13. The van der Waals surface area contributed by atoms with E-state index in [4.69, 9.17) is 4.74 Å². The Hall–Kier alpha value is -3.59. The molecule has 2 aromatic carbocycles. The molecule has 1 unspecified atom stereocenters. The van der Waals surface area contributed by atoms with E-state index < -0.39 is 0 Å². The van der Waals surface area contributed by atoms with Crippen LogP contribution in [0.1, 0.15) is 35.3 Å². The van der Waals surface area contributed by atoms with Gasteiger partial charge in [-0.25, -0.2) is 4.68 Å². The van der Waals surface area contributed by atoms with Gasteiger partial charge in [-0.05, 0) is 65.1 Å². The van der Waals surface area contributed by atoms with E-state index in [0.29, 0.717) is 12.9 Å². The van der Waals surface area contributed by atoms with Crippen molar-refractivity contribution in [3.63, 3.8) is 0 Å². The maximum atomic E-state index is 12.8. The number of tetrazole rings is 1. The van der Waals surface area contributed by atoms with Crippen molar-refractivity contribution < 1.29 is 14.3 Å². The highest BCUT2D eigenvalue weighted by Crippen LogP contribution is 2.22. The van der Waals surface area contributed by atoms with Crippen LogP contribution >= 0.6 is 0 Å². The van der Waals surface area contributed by atoms with Gasteiger partial charge in [0.1, 0.15) is 12.4 Å². The molecular formula is C25H30N6O3. The Morgan fingerprint density at radius 2 is 1.82 bits per heavy atom. The Labute approximate surface area is 199 Å². The van der Waals surface area contributed by atoms with E-state index in [0.717, 1.165) is 61.5 Å². The van der Waals surface area contributed by atoms with E-state index in [1.165, 1.54) is 5.56 Å². The SMILES string of the molecule is Cc1ccc(CCN2CCN(C(=O)Cc3ccc(-n4cnnn4)cc3)CC2)cc1C(C)OC=O. The number of ether oxygens (including phenoxy) is 1. The number of carbonyl (C=O) groups excluding carboxylic acids is 2. The summed E-state index contributed by atoms with van der Waals surface area (Å²) in [6.07, 6.45) is 2.61. The summed E-state index contributed by atoms with van der Waals surface area (Å²) in [5.74, 6) is 0.155. The highest BCUT2D eigenvalue weighted by atomic mass is 16.5. The summed E-state index contributed by atoms with van der Waals surface area (Å²) in [7, 11) is 0. The number of benzene rings is 2. The molecule has 34 heavy (non-hydrogen) atoms. The number of carbonyl (C=O) groups is 2. The van der Waals surface area contributed by atoms with Crippen LogP contribution in [0.3, 0.4) is 0 Å². The van der Waals surface area contributed by atoms with Crippen molar-refractivity contribution >= 4 is 12.4 Å². The van der Waals surface area contributed by atoms with Crippen molar-refractivity contribution in [2.24, 2.45) is 0 Å². The third kappa shape index (κ3) is 5.85. The average Bonchev–Trinajstić information content (AvgIpc) is 3.39. The number of nitrogens with zero attached hydrogens (tertiary/aromatic N) is 6. The maximum Gasteiger partial charge on any atom is 0.293 e. The number of hydrogen-bond acceptors (Lipinski definition) is 7. The third-order valence-electron chi connectivity index (χ3n) is 6.39. The summed E-state index contributed by atoms with van der Waals surface area (Å²) in [6.45, 7) is 8.58. The monoisotopic (exact) mass is 462 g/mol. The summed E-state index contributed by atoms with van der Waals surface area (Å²) in [6, 6.07) is 14.1. The average molecular weight is 463 g/mol. The van der Waals surface area contributed by atoms with Crippen LogP contribution in [0.2, 0.25) is 0 Å². The first-order valence-electron chi connectivity index (χ1n) is 11.5. The van der Waals surface area contributed by atoms with E-state index in [-0.39, 0.29) is 12.0 Å². The van der Waals surface area contributed by atoms with Gasteiger partial charge in [0.25, 0.3) is 6.47 Å². The number of aryl methyl sites for hydroxylation is 1. The number of aromatic nitrogens is 4. The minimum absolute atomic E-state index is 0.155.